The number of hydrogen-bond donors (Lipinski definition) is 0. The van der Waals surface area contributed by atoms with Crippen molar-refractivity contribution in [1.82, 2.24) is 0 Å². The lowest BCUT2D eigenvalue weighted by Gasteiger charge is -2.18. The van der Waals surface area contributed by atoms with Gasteiger partial charge in [-0.2, -0.15) is 0 Å². The van der Waals surface area contributed by atoms with Crippen LogP contribution in [-0.4, -0.2) is 37.2 Å². The Kier molecular flexibility index (Phi) is 53.8. The van der Waals surface area contributed by atoms with Crippen LogP contribution >= 0.6 is 0 Å². The van der Waals surface area contributed by atoms with E-state index in [2.05, 4.69) is 93.7 Å². The van der Waals surface area contributed by atoms with Crippen LogP contribution in [0.4, 0.5) is 0 Å². The van der Waals surface area contributed by atoms with Gasteiger partial charge in [0, 0.05) is 19.3 Å². The summed E-state index contributed by atoms with van der Waals surface area (Å²) in [7, 11) is 0. The zero-order valence-electron chi connectivity index (χ0n) is 44.9. The molecule has 0 saturated heterocycles. The standard InChI is InChI=1S/C62H108O6/c1-4-7-10-13-16-19-22-24-26-28-30-31-33-34-36-38-40-43-46-49-52-55-61(64)67-58-59(57-66-60(63)54-51-48-45-42-21-18-15-12-9-6-3)68-62(65)56-53-50-47-44-41-39-37-35-32-29-27-25-23-20-17-14-11-8-5-2/h7,10,12,15-16,19,24,26,30-31,34,36,59H,4-6,8-9,11,13-14,17-18,20-23,25,27-29,32-33,35,37-58H2,1-3H3/b10-7-,15-12-,19-16-,26-24-,31-30-,36-34-. The van der Waals surface area contributed by atoms with E-state index in [-0.39, 0.29) is 31.1 Å². The van der Waals surface area contributed by atoms with Crippen LogP contribution in [0.5, 0.6) is 0 Å². The Hall–Kier alpha value is -3.15. The first-order valence-corrected chi connectivity index (χ1v) is 28.9. The van der Waals surface area contributed by atoms with Gasteiger partial charge in [0.2, 0.25) is 0 Å². The van der Waals surface area contributed by atoms with Crippen LogP contribution in [0.3, 0.4) is 0 Å². The maximum absolute atomic E-state index is 12.8. The molecule has 0 radical (unpaired) electrons. The highest BCUT2D eigenvalue weighted by molar-refractivity contribution is 5.71. The summed E-state index contributed by atoms with van der Waals surface area (Å²) in [5, 5.41) is 0. The molecule has 1 unspecified atom stereocenters. The highest BCUT2D eigenvalue weighted by Crippen LogP contribution is 2.16. The number of hydrogen-bond acceptors (Lipinski definition) is 6. The molecule has 0 N–H and O–H groups in total. The number of esters is 3. The first-order chi connectivity index (χ1) is 33.5. The molecule has 0 aliphatic carbocycles. The van der Waals surface area contributed by atoms with Crippen molar-refractivity contribution in [3.63, 3.8) is 0 Å². The van der Waals surface area contributed by atoms with Crippen molar-refractivity contribution < 1.29 is 28.6 Å². The van der Waals surface area contributed by atoms with Crippen LogP contribution in [0.1, 0.15) is 284 Å². The molecule has 0 aliphatic rings. The smallest absolute Gasteiger partial charge is 0.306 e. The second kappa shape index (κ2) is 56.4. The number of rotatable bonds is 52. The molecule has 0 spiro atoms. The molecule has 6 nitrogen and oxygen atoms in total. The molecule has 0 aromatic rings. The van der Waals surface area contributed by atoms with E-state index >= 15 is 0 Å². The summed E-state index contributed by atoms with van der Waals surface area (Å²) >= 11 is 0. The van der Waals surface area contributed by atoms with E-state index in [1.165, 1.54) is 122 Å². The van der Waals surface area contributed by atoms with Gasteiger partial charge in [0.05, 0.1) is 0 Å². The average molecular weight is 950 g/mol. The van der Waals surface area contributed by atoms with E-state index < -0.39 is 6.10 Å². The minimum Gasteiger partial charge on any atom is -0.462 e. The average Bonchev–Trinajstić information content (AvgIpc) is 3.34. The van der Waals surface area contributed by atoms with Crippen molar-refractivity contribution in [3.05, 3.63) is 72.9 Å². The zero-order chi connectivity index (χ0) is 49.3. The van der Waals surface area contributed by atoms with Gasteiger partial charge in [-0.1, -0.05) is 254 Å². The minimum atomic E-state index is -0.785. The van der Waals surface area contributed by atoms with Crippen LogP contribution in [0, 0.1) is 0 Å². The lowest BCUT2D eigenvalue weighted by atomic mass is 10.0. The largest absolute Gasteiger partial charge is 0.462 e. The van der Waals surface area contributed by atoms with Gasteiger partial charge >= 0.3 is 17.9 Å². The van der Waals surface area contributed by atoms with Gasteiger partial charge in [0.1, 0.15) is 13.2 Å². The third-order valence-corrected chi connectivity index (χ3v) is 12.4. The molecule has 0 amide bonds. The topological polar surface area (TPSA) is 78.9 Å². The summed E-state index contributed by atoms with van der Waals surface area (Å²) in [5.41, 5.74) is 0. The highest BCUT2D eigenvalue weighted by atomic mass is 16.6. The Morgan fingerprint density at radius 1 is 0.309 bits per heavy atom. The summed E-state index contributed by atoms with van der Waals surface area (Å²) in [6.45, 7) is 6.47. The highest BCUT2D eigenvalue weighted by Gasteiger charge is 2.19. The second-order valence-corrected chi connectivity index (χ2v) is 19.2. The van der Waals surface area contributed by atoms with Gasteiger partial charge in [-0.15, -0.1) is 0 Å². The quantitative estimate of drug-likeness (QED) is 0.0262. The number of unbranched alkanes of at least 4 members (excludes halogenated alkanes) is 29. The molecule has 0 aliphatic heterocycles. The van der Waals surface area contributed by atoms with E-state index in [0.717, 1.165) is 122 Å². The third kappa shape index (κ3) is 53.8. The summed E-state index contributed by atoms with van der Waals surface area (Å²) in [5.74, 6) is -0.904. The van der Waals surface area contributed by atoms with Crippen LogP contribution < -0.4 is 0 Å². The van der Waals surface area contributed by atoms with E-state index in [0.29, 0.717) is 19.3 Å². The first-order valence-electron chi connectivity index (χ1n) is 28.9. The van der Waals surface area contributed by atoms with Crippen LogP contribution in [-0.2, 0) is 28.6 Å². The molecule has 0 rings (SSSR count). The molecule has 0 bridgehead atoms. The lowest BCUT2D eigenvalue weighted by molar-refractivity contribution is -0.167. The van der Waals surface area contributed by atoms with Gasteiger partial charge in [0.25, 0.3) is 0 Å². The van der Waals surface area contributed by atoms with E-state index in [1.807, 2.05) is 0 Å². The van der Waals surface area contributed by atoms with Gasteiger partial charge in [-0.25, -0.2) is 0 Å². The molecular formula is C62H108O6. The molecule has 0 fully saturated rings. The molecule has 0 aromatic carbocycles. The third-order valence-electron chi connectivity index (χ3n) is 12.4. The van der Waals surface area contributed by atoms with Crippen molar-refractivity contribution in [2.24, 2.45) is 0 Å². The Morgan fingerprint density at radius 3 is 0.971 bits per heavy atom. The number of allylic oxidation sites excluding steroid dienone is 12. The SMILES string of the molecule is CC/C=C\C/C=C\C/C=C\C/C=C\C/C=C\CCCCCCCC(=O)OCC(COC(=O)CCCCCCC/C=C\CCC)OC(=O)CCCCCCCCCCCCCCCCCCCCC. The lowest BCUT2D eigenvalue weighted by Crippen LogP contribution is -2.30. The van der Waals surface area contributed by atoms with E-state index in [9.17, 15) is 14.4 Å². The minimum absolute atomic E-state index is 0.0843. The van der Waals surface area contributed by atoms with Crippen molar-refractivity contribution in [3.8, 4) is 0 Å². The normalized spacial score (nSPS) is 12.6. The fourth-order valence-electron chi connectivity index (χ4n) is 8.12. The Balaban J connectivity index is 4.32. The van der Waals surface area contributed by atoms with Gasteiger partial charge in [-0.05, 0) is 83.5 Å². The molecule has 392 valence electrons. The molecule has 68 heavy (non-hydrogen) atoms. The molecular weight excluding hydrogens is 841 g/mol. The summed E-state index contributed by atoms with van der Waals surface area (Å²) in [6, 6.07) is 0. The molecule has 6 heteroatoms. The zero-order valence-corrected chi connectivity index (χ0v) is 44.9. The van der Waals surface area contributed by atoms with Crippen LogP contribution in [0.15, 0.2) is 72.9 Å². The van der Waals surface area contributed by atoms with Crippen molar-refractivity contribution in [2.45, 2.75) is 290 Å². The Bertz CT molecular complexity index is 1270. The maximum Gasteiger partial charge on any atom is 0.306 e. The first kappa shape index (κ1) is 64.8. The second-order valence-electron chi connectivity index (χ2n) is 19.2. The predicted molar refractivity (Wildman–Crippen MR) is 293 cm³/mol. The summed E-state index contributed by atoms with van der Waals surface area (Å²) in [4.78, 5) is 38.1. The predicted octanol–water partition coefficient (Wildman–Crippen LogP) is 19.4. The van der Waals surface area contributed by atoms with Crippen LogP contribution in [0.25, 0.3) is 0 Å². The fourth-order valence-corrected chi connectivity index (χ4v) is 8.12. The van der Waals surface area contributed by atoms with Crippen LogP contribution in [0.2, 0.25) is 0 Å². The monoisotopic (exact) mass is 949 g/mol. The van der Waals surface area contributed by atoms with Crippen molar-refractivity contribution in [2.75, 3.05) is 13.2 Å². The number of ether oxygens (including phenoxy) is 3. The molecule has 0 aromatic heterocycles. The molecule has 1 atom stereocenters. The maximum atomic E-state index is 12.8. The van der Waals surface area contributed by atoms with Crippen molar-refractivity contribution >= 4 is 17.9 Å². The Labute approximate surface area is 421 Å². The molecule has 0 heterocycles. The van der Waals surface area contributed by atoms with Gasteiger partial charge in [0.15, 0.2) is 6.10 Å². The molecule has 0 saturated carbocycles. The van der Waals surface area contributed by atoms with Gasteiger partial charge in [-0.3, -0.25) is 14.4 Å². The Morgan fingerprint density at radius 2 is 0.603 bits per heavy atom. The summed E-state index contributed by atoms with van der Waals surface area (Å²) < 4.78 is 16.8. The number of carbonyl (C=O) groups is 3. The van der Waals surface area contributed by atoms with Crippen molar-refractivity contribution in [1.29, 1.82) is 0 Å². The fraction of sp³-hybridized carbons (Fsp3) is 0.758. The van der Waals surface area contributed by atoms with Gasteiger partial charge < -0.3 is 14.2 Å². The van der Waals surface area contributed by atoms with E-state index in [4.69, 9.17) is 14.2 Å². The van der Waals surface area contributed by atoms with E-state index in [1.54, 1.807) is 0 Å². The number of carbonyl (C=O) groups excluding carboxylic acids is 3. The summed E-state index contributed by atoms with van der Waals surface area (Å²) in [6.07, 6.45) is 71.9.